The maximum Gasteiger partial charge on any atom is 0.291 e. The first kappa shape index (κ1) is 13.7. The van der Waals surface area contributed by atoms with Crippen LogP contribution >= 0.6 is 11.3 Å². The molecule has 6 nitrogen and oxygen atoms in total. The van der Waals surface area contributed by atoms with E-state index in [-0.39, 0.29) is 18.3 Å². The highest BCUT2D eigenvalue weighted by atomic mass is 32.1. The van der Waals surface area contributed by atoms with Crippen molar-refractivity contribution in [1.82, 2.24) is 20.5 Å². The van der Waals surface area contributed by atoms with Crippen LogP contribution in [0.1, 0.15) is 47.9 Å². The molecule has 0 bridgehead atoms. The standard InChI is InChI=1S/C12H16N4O2S/c1-7(2)10-14-11(16-15-10)12(18)13-5-9(17)8-3-4-19-6-8/h3-4,6-7,9,17H,5H2,1-2H3,(H,13,18)(H,14,15,16). The number of amides is 1. The van der Waals surface area contributed by atoms with Gasteiger partial charge in [0.05, 0.1) is 6.10 Å². The Morgan fingerprint density at radius 1 is 1.58 bits per heavy atom. The van der Waals surface area contributed by atoms with Crippen molar-refractivity contribution in [3.8, 4) is 0 Å². The second kappa shape index (κ2) is 5.94. The van der Waals surface area contributed by atoms with Crippen LogP contribution in [0, 0.1) is 0 Å². The summed E-state index contributed by atoms with van der Waals surface area (Å²) >= 11 is 1.50. The van der Waals surface area contributed by atoms with Crippen LogP contribution in [0.25, 0.3) is 0 Å². The monoisotopic (exact) mass is 280 g/mol. The highest BCUT2D eigenvalue weighted by Crippen LogP contribution is 2.15. The number of carbonyl (C=O) groups excluding carboxylic acids is 1. The van der Waals surface area contributed by atoms with Crippen LogP contribution in [0.15, 0.2) is 16.8 Å². The van der Waals surface area contributed by atoms with Crippen molar-refractivity contribution >= 4 is 17.2 Å². The average molecular weight is 280 g/mol. The van der Waals surface area contributed by atoms with Crippen molar-refractivity contribution < 1.29 is 9.90 Å². The molecule has 2 rings (SSSR count). The minimum atomic E-state index is -0.710. The van der Waals surface area contributed by atoms with Crippen molar-refractivity contribution in [2.75, 3.05) is 6.54 Å². The number of aromatic amines is 1. The normalized spacial score (nSPS) is 12.6. The van der Waals surface area contributed by atoms with Crippen LogP contribution in [0.5, 0.6) is 0 Å². The molecule has 1 amide bonds. The van der Waals surface area contributed by atoms with Gasteiger partial charge in [-0.1, -0.05) is 13.8 Å². The number of nitrogens with one attached hydrogen (secondary N) is 2. The molecule has 0 aromatic carbocycles. The number of carbonyl (C=O) groups is 1. The average Bonchev–Trinajstić information content (AvgIpc) is 3.05. The zero-order chi connectivity index (χ0) is 13.8. The molecule has 2 heterocycles. The first-order valence-corrected chi connectivity index (χ1v) is 6.93. The Labute approximate surface area is 114 Å². The van der Waals surface area contributed by atoms with Gasteiger partial charge in [-0.05, 0) is 22.4 Å². The Morgan fingerprint density at radius 2 is 2.37 bits per heavy atom. The van der Waals surface area contributed by atoms with Crippen LogP contribution < -0.4 is 5.32 Å². The van der Waals surface area contributed by atoms with Crippen LogP contribution in [0.4, 0.5) is 0 Å². The number of hydrogen-bond donors (Lipinski definition) is 3. The molecular formula is C12H16N4O2S. The van der Waals surface area contributed by atoms with Crippen LogP contribution in [-0.2, 0) is 0 Å². The summed E-state index contributed by atoms with van der Waals surface area (Å²) in [6, 6.07) is 1.82. The SMILES string of the molecule is CC(C)c1nc(C(=O)NCC(O)c2ccsc2)n[nH]1. The number of aliphatic hydroxyl groups is 1. The van der Waals surface area contributed by atoms with E-state index in [9.17, 15) is 9.90 Å². The van der Waals surface area contributed by atoms with E-state index < -0.39 is 12.0 Å². The first-order valence-electron chi connectivity index (χ1n) is 5.98. The van der Waals surface area contributed by atoms with Crippen LogP contribution in [0.2, 0.25) is 0 Å². The van der Waals surface area contributed by atoms with E-state index in [1.54, 1.807) is 0 Å². The molecule has 0 saturated carbocycles. The van der Waals surface area contributed by atoms with E-state index in [0.717, 1.165) is 5.56 Å². The Bertz CT molecular complexity index is 536. The Hall–Kier alpha value is -1.73. The fraction of sp³-hybridized carbons (Fsp3) is 0.417. The molecule has 0 aliphatic carbocycles. The van der Waals surface area contributed by atoms with Gasteiger partial charge in [-0.25, -0.2) is 4.98 Å². The maximum absolute atomic E-state index is 11.8. The molecule has 3 N–H and O–H groups in total. The molecule has 0 aliphatic rings. The number of H-pyrrole nitrogens is 1. The Balaban J connectivity index is 1.90. The lowest BCUT2D eigenvalue weighted by molar-refractivity contribution is 0.0906. The van der Waals surface area contributed by atoms with Gasteiger partial charge in [0, 0.05) is 12.5 Å². The smallest absolute Gasteiger partial charge is 0.291 e. The highest BCUT2D eigenvalue weighted by molar-refractivity contribution is 7.07. The number of thiophene rings is 1. The van der Waals surface area contributed by atoms with Crippen molar-refractivity contribution in [2.24, 2.45) is 0 Å². The molecule has 0 saturated heterocycles. The molecular weight excluding hydrogens is 264 g/mol. The highest BCUT2D eigenvalue weighted by Gasteiger charge is 2.15. The van der Waals surface area contributed by atoms with Crippen molar-refractivity contribution in [3.05, 3.63) is 34.0 Å². The number of rotatable bonds is 5. The minimum absolute atomic E-state index is 0.0984. The van der Waals surface area contributed by atoms with Gasteiger partial charge < -0.3 is 10.4 Å². The van der Waals surface area contributed by atoms with Crippen molar-refractivity contribution in [3.63, 3.8) is 0 Å². The van der Waals surface area contributed by atoms with Gasteiger partial charge in [0.25, 0.3) is 5.91 Å². The molecule has 2 aromatic heterocycles. The summed E-state index contributed by atoms with van der Waals surface area (Å²) in [5, 5.41) is 22.7. The van der Waals surface area contributed by atoms with E-state index in [0.29, 0.717) is 5.82 Å². The number of hydrogen-bond acceptors (Lipinski definition) is 5. The van der Waals surface area contributed by atoms with Gasteiger partial charge in [0.1, 0.15) is 5.82 Å². The molecule has 1 unspecified atom stereocenters. The molecule has 0 aliphatic heterocycles. The third kappa shape index (κ3) is 3.39. The van der Waals surface area contributed by atoms with E-state index in [1.807, 2.05) is 30.7 Å². The molecule has 7 heteroatoms. The van der Waals surface area contributed by atoms with Gasteiger partial charge in [-0.2, -0.15) is 11.3 Å². The molecule has 2 aromatic rings. The zero-order valence-corrected chi connectivity index (χ0v) is 11.6. The van der Waals surface area contributed by atoms with E-state index in [1.165, 1.54) is 11.3 Å². The minimum Gasteiger partial charge on any atom is -0.387 e. The third-order valence-corrected chi connectivity index (χ3v) is 3.34. The largest absolute Gasteiger partial charge is 0.387 e. The third-order valence-electron chi connectivity index (χ3n) is 2.64. The van der Waals surface area contributed by atoms with Crippen LogP contribution in [-0.4, -0.2) is 32.7 Å². The second-order valence-electron chi connectivity index (χ2n) is 4.48. The lowest BCUT2D eigenvalue weighted by Gasteiger charge is -2.08. The fourth-order valence-electron chi connectivity index (χ4n) is 1.48. The predicted molar refractivity (Wildman–Crippen MR) is 72.1 cm³/mol. The number of aliphatic hydroxyl groups excluding tert-OH is 1. The molecule has 0 spiro atoms. The molecule has 1 atom stereocenters. The summed E-state index contributed by atoms with van der Waals surface area (Å²) in [5.41, 5.74) is 0.795. The Kier molecular flexibility index (Phi) is 4.28. The quantitative estimate of drug-likeness (QED) is 0.773. The summed E-state index contributed by atoms with van der Waals surface area (Å²) < 4.78 is 0. The molecule has 102 valence electrons. The van der Waals surface area contributed by atoms with Gasteiger partial charge in [-0.15, -0.1) is 5.10 Å². The first-order chi connectivity index (χ1) is 9.08. The predicted octanol–water partition coefficient (Wildman–Crippen LogP) is 1.45. The topological polar surface area (TPSA) is 90.9 Å². The van der Waals surface area contributed by atoms with E-state index in [4.69, 9.17) is 0 Å². The second-order valence-corrected chi connectivity index (χ2v) is 5.26. The van der Waals surface area contributed by atoms with E-state index >= 15 is 0 Å². The van der Waals surface area contributed by atoms with Crippen molar-refractivity contribution in [2.45, 2.75) is 25.9 Å². The van der Waals surface area contributed by atoms with Gasteiger partial charge >= 0.3 is 0 Å². The van der Waals surface area contributed by atoms with Gasteiger partial charge in [-0.3, -0.25) is 9.89 Å². The van der Waals surface area contributed by atoms with E-state index in [2.05, 4.69) is 20.5 Å². The van der Waals surface area contributed by atoms with Gasteiger partial charge in [0.2, 0.25) is 5.82 Å². The van der Waals surface area contributed by atoms with Crippen LogP contribution in [0.3, 0.4) is 0 Å². The number of aromatic nitrogens is 3. The molecule has 19 heavy (non-hydrogen) atoms. The molecule has 0 fully saturated rings. The van der Waals surface area contributed by atoms with Gasteiger partial charge in [0.15, 0.2) is 0 Å². The molecule has 0 radical (unpaired) electrons. The maximum atomic E-state index is 11.8. The summed E-state index contributed by atoms with van der Waals surface area (Å²) in [4.78, 5) is 15.9. The lowest BCUT2D eigenvalue weighted by Crippen LogP contribution is -2.29. The number of nitrogens with zero attached hydrogens (tertiary/aromatic N) is 2. The Morgan fingerprint density at radius 3 is 2.95 bits per heavy atom. The lowest BCUT2D eigenvalue weighted by atomic mass is 10.2. The zero-order valence-electron chi connectivity index (χ0n) is 10.8. The summed E-state index contributed by atoms with van der Waals surface area (Å²) in [6.07, 6.45) is -0.710. The summed E-state index contributed by atoms with van der Waals surface area (Å²) in [6.45, 7) is 4.06. The van der Waals surface area contributed by atoms with Crippen molar-refractivity contribution in [1.29, 1.82) is 0 Å². The summed E-state index contributed by atoms with van der Waals surface area (Å²) in [5.74, 6) is 0.563. The fourth-order valence-corrected chi connectivity index (χ4v) is 2.19. The summed E-state index contributed by atoms with van der Waals surface area (Å²) in [7, 11) is 0.